The van der Waals surface area contributed by atoms with E-state index >= 15 is 0 Å². The van der Waals surface area contributed by atoms with Gasteiger partial charge in [0.25, 0.3) is 5.91 Å². The SMILES string of the molecule is CCc1ccc(/C(C)=N/NC(=O)c2ccc3c(c2)OCO3)s1. The number of carbonyl (C=O) groups is 1. The molecule has 1 aliphatic heterocycles. The van der Waals surface area contributed by atoms with E-state index in [4.69, 9.17) is 9.47 Å². The van der Waals surface area contributed by atoms with E-state index in [-0.39, 0.29) is 12.7 Å². The number of nitrogens with zero attached hydrogens (tertiary/aromatic N) is 1. The van der Waals surface area contributed by atoms with Crippen LogP contribution in [0.3, 0.4) is 0 Å². The van der Waals surface area contributed by atoms with Crippen molar-refractivity contribution >= 4 is 23.0 Å². The third-order valence-electron chi connectivity index (χ3n) is 3.33. The van der Waals surface area contributed by atoms with Crippen LogP contribution in [0.4, 0.5) is 0 Å². The average molecular weight is 316 g/mol. The molecule has 5 nitrogen and oxygen atoms in total. The number of thiophene rings is 1. The monoisotopic (exact) mass is 316 g/mol. The molecule has 22 heavy (non-hydrogen) atoms. The Bertz CT molecular complexity index is 737. The second-order valence-electron chi connectivity index (χ2n) is 4.83. The predicted molar refractivity (Wildman–Crippen MR) is 85.9 cm³/mol. The Hall–Kier alpha value is -2.34. The van der Waals surface area contributed by atoms with Crippen LogP contribution in [-0.2, 0) is 6.42 Å². The molecule has 0 saturated carbocycles. The number of hydrogen-bond acceptors (Lipinski definition) is 5. The summed E-state index contributed by atoms with van der Waals surface area (Å²) in [5.74, 6) is 0.964. The van der Waals surface area contributed by atoms with Gasteiger partial charge in [0.2, 0.25) is 6.79 Å². The van der Waals surface area contributed by atoms with Crippen molar-refractivity contribution in [2.24, 2.45) is 5.10 Å². The highest BCUT2D eigenvalue weighted by Gasteiger charge is 2.16. The Morgan fingerprint density at radius 2 is 2.09 bits per heavy atom. The van der Waals surface area contributed by atoms with Gasteiger partial charge >= 0.3 is 0 Å². The van der Waals surface area contributed by atoms with Crippen molar-refractivity contribution in [1.29, 1.82) is 0 Å². The Kier molecular flexibility index (Phi) is 4.11. The van der Waals surface area contributed by atoms with Crippen molar-refractivity contribution in [2.45, 2.75) is 20.3 Å². The van der Waals surface area contributed by atoms with E-state index in [0.29, 0.717) is 17.1 Å². The van der Waals surface area contributed by atoms with Crippen LogP contribution in [0, 0.1) is 0 Å². The molecule has 1 N–H and O–H groups in total. The van der Waals surface area contributed by atoms with Crippen LogP contribution in [-0.4, -0.2) is 18.4 Å². The summed E-state index contributed by atoms with van der Waals surface area (Å²) in [6.07, 6.45) is 1.00. The number of fused-ring (bicyclic) bond motifs is 1. The minimum Gasteiger partial charge on any atom is -0.454 e. The maximum absolute atomic E-state index is 12.1. The summed E-state index contributed by atoms with van der Waals surface area (Å²) in [6, 6.07) is 9.17. The van der Waals surface area contributed by atoms with Crippen molar-refractivity contribution in [1.82, 2.24) is 5.43 Å². The fraction of sp³-hybridized carbons (Fsp3) is 0.250. The molecular formula is C16H16N2O3S. The first-order valence-corrected chi connectivity index (χ1v) is 7.82. The molecule has 114 valence electrons. The van der Waals surface area contributed by atoms with Gasteiger partial charge in [0, 0.05) is 10.4 Å². The van der Waals surface area contributed by atoms with Gasteiger partial charge < -0.3 is 9.47 Å². The zero-order valence-electron chi connectivity index (χ0n) is 12.4. The molecule has 2 heterocycles. The summed E-state index contributed by atoms with van der Waals surface area (Å²) >= 11 is 1.69. The minimum absolute atomic E-state index is 0.190. The highest BCUT2D eigenvalue weighted by molar-refractivity contribution is 7.14. The first kappa shape index (κ1) is 14.6. The zero-order valence-corrected chi connectivity index (χ0v) is 13.2. The Morgan fingerprint density at radius 3 is 2.86 bits per heavy atom. The molecule has 3 rings (SSSR count). The standard InChI is InChI=1S/C16H16N2O3S/c1-3-12-5-7-15(22-12)10(2)17-18-16(19)11-4-6-13-14(8-11)21-9-20-13/h4-8H,3,9H2,1-2H3,(H,18,19)/b17-10+. The van der Waals surface area contributed by atoms with Crippen LogP contribution in [0.1, 0.15) is 34.0 Å². The van der Waals surface area contributed by atoms with Crippen molar-refractivity contribution in [3.05, 3.63) is 45.6 Å². The van der Waals surface area contributed by atoms with Gasteiger partial charge in [-0.1, -0.05) is 6.92 Å². The molecule has 0 saturated heterocycles. The maximum Gasteiger partial charge on any atom is 0.271 e. The molecule has 0 aliphatic carbocycles. The highest BCUT2D eigenvalue weighted by atomic mass is 32.1. The average Bonchev–Trinajstić information content (AvgIpc) is 3.19. The smallest absolute Gasteiger partial charge is 0.271 e. The van der Waals surface area contributed by atoms with Crippen LogP contribution in [0.2, 0.25) is 0 Å². The Balaban J connectivity index is 1.70. The van der Waals surface area contributed by atoms with Gasteiger partial charge in [-0.25, -0.2) is 5.43 Å². The molecule has 1 amide bonds. The second-order valence-corrected chi connectivity index (χ2v) is 5.99. The largest absolute Gasteiger partial charge is 0.454 e. The Labute approximate surface area is 132 Å². The van der Waals surface area contributed by atoms with E-state index in [0.717, 1.165) is 17.0 Å². The van der Waals surface area contributed by atoms with Crippen molar-refractivity contribution < 1.29 is 14.3 Å². The third kappa shape index (κ3) is 2.96. The normalized spacial score (nSPS) is 13.3. The first-order chi connectivity index (χ1) is 10.7. The molecule has 2 aromatic rings. The second kappa shape index (κ2) is 6.19. The Morgan fingerprint density at radius 1 is 1.27 bits per heavy atom. The van der Waals surface area contributed by atoms with E-state index in [1.165, 1.54) is 4.88 Å². The summed E-state index contributed by atoms with van der Waals surface area (Å²) in [5.41, 5.74) is 3.85. The summed E-state index contributed by atoms with van der Waals surface area (Å²) in [6.45, 7) is 4.19. The molecule has 0 fully saturated rings. The number of ether oxygens (including phenoxy) is 2. The van der Waals surface area contributed by atoms with Crippen molar-refractivity contribution in [3.63, 3.8) is 0 Å². The molecule has 1 aromatic heterocycles. The highest BCUT2D eigenvalue weighted by Crippen LogP contribution is 2.32. The lowest BCUT2D eigenvalue weighted by atomic mass is 10.2. The first-order valence-electron chi connectivity index (χ1n) is 7.00. The van der Waals surface area contributed by atoms with E-state index in [1.54, 1.807) is 29.5 Å². The lowest BCUT2D eigenvalue weighted by Gasteiger charge is -2.03. The fourth-order valence-electron chi connectivity index (χ4n) is 2.05. The van der Waals surface area contributed by atoms with Gasteiger partial charge in [0.05, 0.1) is 10.6 Å². The van der Waals surface area contributed by atoms with Gasteiger partial charge in [-0.15, -0.1) is 11.3 Å². The van der Waals surface area contributed by atoms with E-state index in [1.807, 2.05) is 13.0 Å². The number of hydrazone groups is 1. The maximum atomic E-state index is 12.1. The van der Waals surface area contributed by atoms with Crippen molar-refractivity contribution in [2.75, 3.05) is 6.79 Å². The topological polar surface area (TPSA) is 59.9 Å². The third-order valence-corrected chi connectivity index (χ3v) is 4.66. The molecular weight excluding hydrogens is 300 g/mol. The molecule has 0 atom stereocenters. The van der Waals surface area contributed by atoms with E-state index in [9.17, 15) is 4.79 Å². The molecule has 0 spiro atoms. The molecule has 1 aliphatic rings. The molecule has 0 radical (unpaired) electrons. The number of hydrogen-bond donors (Lipinski definition) is 1. The van der Waals surface area contributed by atoms with Gasteiger partial charge in [0.15, 0.2) is 11.5 Å². The number of amides is 1. The minimum atomic E-state index is -0.273. The van der Waals surface area contributed by atoms with Crippen LogP contribution in [0.25, 0.3) is 0 Å². The van der Waals surface area contributed by atoms with Crippen LogP contribution >= 0.6 is 11.3 Å². The number of benzene rings is 1. The van der Waals surface area contributed by atoms with E-state index < -0.39 is 0 Å². The zero-order chi connectivity index (χ0) is 15.5. The number of carbonyl (C=O) groups excluding carboxylic acids is 1. The lowest BCUT2D eigenvalue weighted by Crippen LogP contribution is -2.19. The van der Waals surface area contributed by atoms with E-state index in [2.05, 4.69) is 23.5 Å². The molecule has 6 heteroatoms. The van der Waals surface area contributed by atoms with Crippen molar-refractivity contribution in [3.8, 4) is 11.5 Å². The van der Waals surface area contributed by atoms with Crippen LogP contribution in [0.5, 0.6) is 11.5 Å². The lowest BCUT2D eigenvalue weighted by molar-refractivity contribution is 0.0954. The van der Waals surface area contributed by atoms with Crippen LogP contribution < -0.4 is 14.9 Å². The summed E-state index contributed by atoms with van der Waals surface area (Å²) in [7, 11) is 0. The molecule has 0 unspecified atom stereocenters. The van der Waals surface area contributed by atoms with Gasteiger partial charge in [-0.3, -0.25) is 4.79 Å². The summed E-state index contributed by atoms with van der Waals surface area (Å²) in [5, 5.41) is 4.17. The van der Waals surface area contributed by atoms with Gasteiger partial charge in [-0.05, 0) is 43.7 Å². The number of rotatable bonds is 4. The molecule has 0 bridgehead atoms. The fourth-order valence-corrected chi connectivity index (χ4v) is 2.95. The predicted octanol–water partition coefficient (Wildman–Crippen LogP) is 3.19. The van der Waals surface area contributed by atoms with Gasteiger partial charge in [0.1, 0.15) is 0 Å². The summed E-state index contributed by atoms with van der Waals surface area (Å²) < 4.78 is 10.5. The molecule has 1 aromatic carbocycles. The van der Waals surface area contributed by atoms with Gasteiger partial charge in [-0.2, -0.15) is 5.10 Å². The number of aryl methyl sites for hydroxylation is 1. The quantitative estimate of drug-likeness (QED) is 0.696. The van der Waals surface area contributed by atoms with Crippen LogP contribution in [0.15, 0.2) is 35.4 Å². The number of nitrogens with one attached hydrogen (secondary N) is 1. The summed E-state index contributed by atoms with van der Waals surface area (Å²) in [4.78, 5) is 14.5.